The van der Waals surface area contributed by atoms with E-state index in [9.17, 15) is 18.6 Å². The summed E-state index contributed by atoms with van der Waals surface area (Å²) in [5.74, 6) is -2.16. The predicted octanol–water partition coefficient (Wildman–Crippen LogP) is 4.83. The second-order valence-electron chi connectivity index (χ2n) is 9.09. The smallest absolute Gasteiger partial charge is 0.338 e. The molecule has 0 N–H and O–H groups in total. The summed E-state index contributed by atoms with van der Waals surface area (Å²) in [5, 5.41) is 0. The molecule has 1 aliphatic heterocycles. The molecule has 0 amide bonds. The van der Waals surface area contributed by atoms with Crippen LogP contribution >= 0.6 is 0 Å². The van der Waals surface area contributed by atoms with Crippen molar-refractivity contribution >= 4 is 28.7 Å². The number of esters is 3. The zero-order valence-corrected chi connectivity index (χ0v) is 22.6. The highest BCUT2D eigenvalue weighted by atomic mass is 32.2. The van der Waals surface area contributed by atoms with E-state index in [0.29, 0.717) is 4.90 Å². The second-order valence-corrected chi connectivity index (χ2v) is 10.6. The van der Waals surface area contributed by atoms with Gasteiger partial charge in [-0.25, -0.2) is 14.4 Å². The molecular weight excluding hydrogens is 544 g/mol. The van der Waals surface area contributed by atoms with Gasteiger partial charge in [-0.3, -0.25) is 4.21 Å². The van der Waals surface area contributed by atoms with Crippen LogP contribution in [0.5, 0.6) is 0 Å². The average molecular weight is 571 g/mol. The van der Waals surface area contributed by atoms with E-state index in [4.69, 9.17) is 18.9 Å². The lowest BCUT2D eigenvalue weighted by atomic mass is 10.0. The standard InChI is InChI=1S/C32H26O8S/c33-29(22-13-5-1-6-14-22)38-26-21-37-32(41(36)25-19-11-4-12-20-25)28(40-31(35)24-17-9-3-10-18-24)27(26)39-30(34)23-15-7-2-8-16-23/h1-20,26-28,32H,21H2/t26-,27+,28-,32+,41?/m1/s1. The van der Waals surface area contributed by atoms with Gasteiger partial charge in [-0.1, -0.05) is 72.8 Å². The molecule has 0 aromatic heterocycles. The Kier molecular flexibility index (Phi) is 8.98. The normalized spacial score (nSPS) is 20.8. The van der Waals surface area contributed by atoms with Crippen LogP contribution in [0.3, 0.4) is 0 Å². The molecular formula is C32H26O8S. The minimum absolute atomic E-state index is 0.230. The fourth-order valence-corrected chi connectivity index (χ4v) is 5.65. The molecule has 4 aromatic carbocycles. The Labute approximate surface area is 239 Å². The van der Waals surface area contributed by atoms with Gasteiger partial charge < -0.3 is 18.9 Å². The third kappa shape index (κ3) is 6.77. The van der Waals surface area contributed by atoms with Crippen LogP contribution in [0.1, 0.15) is 31.1 Å². The van der Waals surface area contributed by atoms with Gasteiger partial charge in [0, 0.05) is 4.90 Å². The van der Waals surface area contributed by atoms with E-state index >= 15 is 0 Å². The van der Waals surface area contributed by atoms with Gasteiger partial charge in [0.25, 0.3) is 0 Å². The highest BCUT2D eigenvalue weighted by molar-refractivity contribution is 7.85. The summed E-state index contributed by atoms with van der Waals surface area (Å²) in [6, 6.07) is 33.3. The van der Waals surface area contributed by atoms with Crippen LogP contribution in [0.25, 0.3) is 0 Å². The Morgan fingerprint density at radius 3 is 1.41 bits per heavy atom. The van der Waals surface area contributed by atoms with Crippen LogP contribution in [0.4, 0.5) is 0 Å². The zero-order chi connectivity index (χ0) is 28.6. The molecule has 1 aliphatic rings. The van der Waals surface area contributed by atoms with Gasteiger partial charge in [0.1, 0.15) is 0 Å². The zero-order valence-electron chi connectivity index (χ0n) is 21.7. The molecule has 41 heavy (non-hydrogen) atoms. The number of benzene rings is 4. The van der Waals surface area contributed by atoms with Crippen LogP contribution in [0.2, 0.25) is 0 Å². The third-order valence-corrected chi connectivity index (χ3v) is 7.91. The maximum absolute atomic E-state index is 13.7. The summed E-state index contributed by atoms with van der Waals surface area (Å²) < 4.78 is 37.2. The Morgan fingerprint density at radius 1 is 0.561 bits per heavy atom. The van der Waals surface area contributed by atoms with Crippen LogP contribution in [-0.4, -0.2) is 52.5 Å². The van der Waals surface area contributed by atoms with E-state index in [2.05, 4.69) is 0 Å². The highest BCUT2D eigenvalue weighted by Gasteiger charge is 2.50. The fraction of sp³-hybridized carbons (Fsp3) is 0.156. The van der Waals surface area contributed by atoms with Crippen LogP contribution in [0, 0.1) is 0 Å². The van der Waals surface area contributed by atoms with Crippen molar-refractivity contribution in [1.29, 1.82) is 0 Å². The number of rotatable bonds is 8. The molecule has 5 atom stereocenters. The molecule has 1 saturated heterocycles. The first kappa shape index (κ1) is 27.9. The minimum atomic E-state index is -1.85. The van der Waals surface area contributed by atoms with Crippen molar-refractivity contribution in [3.8, 4) is 0 Å². The van der Waals surface area contributed by atoms with E-state index in [1.54, 1.807) is 121 Å². The monoisotopic (exact) mass is 570 g/mol. The predicted molar refractivity (Wildman–Crippen MR) is 150 cm³/mol. The first-order valence-electron chi connectivity index (χ1n) is 12.9. The molecule has 1 unspecified atom stereocenters. The number of carbonyl (C=O) groups is 3. The third-order valence-electron chi connectivity index (χ3n) is 6.34. The Hall–Kier alpha value is -4.60. The van der Waals surface area contributed by atoms with Crippen LogP contribution in [-0.2, 0) is 29.7 Å². The highest BCUT2D eigenvalue weighted by Crippen LogP contribution is 2.30. The molecule has 0 spiro atoms. The van der Waals surface area contributed by atoms with Gasteiger partial charge in [-0.15, -0.1) is 0 Å². The number of ether oxygens (including phenoxy) is 4. The second kappa shape index (κ2) is 13.2. The van der Waals surface area contributed by atoms with Gasteiger partial charge in [0.05, 0.1) is 34.1 Å². The molecule has 5 rings (SSSR count). The first-order chi connectivity index (χ1) is 20.0. The molecule has 9 heteroatoms. The van der Waals surface area contributed by atoms with Gasteiger partial charge >= 0.3 is 17.9 Å². The SMILES string of the molecule is O=C(O[C@@H]1[C@@H](OC(=O)c2ccccc2)[C@H](OC(=O)c2ccccc2)CO[C@H]1S(=O)c1ccccc1)c1ccccc1. The molecule has 0 aliphatic carbocycles. The molecule has 208 valence electrons. The molecule has 0 radical (unpaired) electrons. The lowest BCUT2D eigenvalue weighted by molar-refractivity contribution is -0.168. The van der Waals surface area contributed by atoms with Crippen molar-refractivity contribution in [2.75, 3.05) is 6.61 Å². The van der Waals surface area contributed by atoms with Gasteiger partial charge in [0.2, 0.25) is 0 Å². The summed E-state index contributed by atoms with van der Waals surface area (Å²) in [5.41, 5.74) is -0.493. The molecule has 4 aromatic rings. The van der Waals surface area contributed by atoms with Crippen molar-refractivity contribution in [3.05, 3.63) is 138 Å². The van der Waals surface area contributed by atoms with E-state index in [1.165, 1.54) is 0 Å². The van der Waals surface area contributed by atoms with Gasteiger partial charge in [-0.05, 0) is 48.5 Å². The minimum Gasteiger partial charge on any atom is -0.452 e. The largest absolute Gasteiger partial charge is 0.452 e. The Morgan fingerprint density at radius 2 is 0.951 bits per heavy atom. The lowest BCUT2D eigenvalue weighted by Crippen LogP contribution is -2.58. The van der Waals surface area contributed by atoms with E-state index in [1.807, 2.05) is 0 Å². The lowest BCUT2D eigenvalue weighted by Gasteiger charge is -2.40. The van der Waals surface area contributed by atoms with Crippen molar-refractivity contribution in [2.24, 2.45) is 0 Å². The van der Waals surface area contributed by atoms with Crippen molar-refractivity contribution in [2.45, 2.75) is 28.6 Å². The van der Waals surface area contributed by atoms with Gasteiger partial charge in [-0.2, -0.15) is 0 Å². The van der Waals surface area contributed by atoms with E-state index in [0.717, 1.165) is 0 Å². The summed E-state index contributed by atoms with van der Waals surface area (Å²) in [6.07, 6.45) is -3.90. The average Bonchev–Trinajstić information content (AvgIpc) is 3.03. The number of hydrogen-bond donors (Lipinski definition) is 0. The van der Waals surface area contributed by atoms with E-state index in [-0.39, 0.29) is 23.3 Å². The summed E-state index contributed by atoms with van der Waals surface area (Å²) in [6.45, 7) is -0.256. The maximum atomic E-state index is 13.7. The Balaban J connectivity index is 1.51. The topological polar surface area (TPSA) is 105 Å². The molecule has 0 saturated carbocycles. The van der Waals surface area contributed by atoms with Crippen molar-refractivity contribution < 1.29 is 37.5 Å². The van der Waals surface area contributed by atoms with E-state index < -0.39 is 52.5 Å². The molecule has 0 bridgehead atoms. The van der Waals surface area contributed by atoms with Crippen molar-refractivity contribution in [3.63, 3.8) is 0 Å². The quantitative estimate of drug-likeness (QED) is 0.219. The summed E-state index contributed by atoms with van der Waals surface area (Å²) in [4.78, 5) is 39.9. The summed E-state index contributed by atoms with van der Waals surface area (Å²) in [7, 11) is -1.85. The molecule has 1 fully saturated rings. The Bertz CT molecular complexity index is 1500. The van der Waals surface area contributed by atoms with Crippen molar-refractivity contribution in [1.82, 2.24) is 0 Å². The number of carbonyl (C=O) groups excluding carboxylic acids is 3. The number of hydrogen-bond acceptors (Lipinski definition) is 8. The first-order valence-corrected chi connectivity index (χ1v) is 14.1. The molecule has 8 nitrogen and oxygen atoms in total. The fourth-order valence-electron chi connectivity index (χ4n) is 4.30. The van der Waals surface area contributed by atoms with Gasteiger partial charge in [0.15, 0.2) is 23.7 Å². The van der Waals surface area contributed by atoms with Crippen LogP contribution < -0.4 is 0 Å². The summed E-state index contributed by atoms with van der Waals surface area (Å²) >= 11 is 0. The maximum Gasteiger partial charge on any atom is 0.338 e. The van der Waals surface area contributed by atoms with Crippen LogP contribution in [0.15, 0.2) is 126 Å². The molecule has 1 heterocycles.